The smallest absolute Gasteiger partial charge is 0.272 e. The quantitative estimate of drug-likeness (QED) is 0.889. The number of pyridine rings is 1. The lowest BCUT2D eigenvalue weighted by Crippen LogP contribution is -2.51. The minimum Gasteiger partial charge on any atom is -0.397 e. The minimum atomic E-state index is 0.00352. The van der Waals surface area contributed by atoms with Crippen LogP contribution in [-0.2, 0) is 0 Å². The number of piperazine rings is 1. The third-order valence-corrected chi connectivity index (χ3v) is 3.82. The van der Waals surface area contributed by atoms with Crippen LogP contribution in [0.15, 0.2) is 18.3 Å². The summed E-state index contributed by atoms with van der Waals surface area (Å²) in [6.07, 6.45) is 2.68. The van der Waals surface area contributed by atoms with Gasteiger partial charge in [-0.05, 0) is 25.5 Å². The molecule has 0 radical (unpaired) electrons. The van der Waals surface area contributed by atoms with Crippen LogP contribution in [0.25, 0.3) is 0 Å². The molecule has 1 aromatic rings. The van der Waals surface area contributed by atoms with Gasteiger partial charge in [0.1, 0.15) is 5.69 Å². The summed E-state index contributed by atoms with van der Waals surface area (Å²) in [6, 6.07) is 4.00. The summed E-state index contributed by atoms with van der Waals surface area (Å²) in [4.78, 5) is 20.7. The van der Waals surface area contributed by atoms with Crippen LogP contribution in [0.5, 0.6) is 0 Å². The van der Waals surface area contributed by atoms with E-state index >= 15 is 0 Å². The summed E-state index contributed by atoms with van der Waals surface area (Å²) >= 11 is 0. The van der Waals surface area contributed by atoms with Crippen molar-refractivity contribution >= 4 is 11.6 Å². The molecule has 1 atom stereocenters. The Bertz CT molecular complexity index is 424. The van der Waals surface area contributed by atoms with Gasteiger partial charge in [-0.2, -0.15) is 0 Å². The molecule has 2 N–H and O–H groups in total. The molecule has 19 heavy (non-hydrogen) atoms. The molecule has 0 aliphatic carbocycles. The Morgan fingerprint density at radius 2 is 2.05 bits per heavy atom. The fourth-order valence-corrected chi connectivity index (χ4v) is 2.32. The van der Waals surface area contributed by atoms with Crippen LogP contribution < -0.4 is 5.73 Å². The number of nitrogens with zero attached hydrogens (tertiary/aromatic N) is 3. The lowest BCUT2D eigenvalue weighted by atomic mass is 10.2. The van der Waals surface area contributed by atoms with Gasteiger partial charge in [0.25, 0.3) is 5.91 Å². The molecule has 0 bridgehead atoms. The van der Waals surface area contributed by atoms with E-state index in [4.69, 9.17) is 5.73 Å². The lowest BCUT2D eigenvalue weighted by molar-refractivity contribution is 0.0574. The van der Waals surface area contributed by atoms with Crippen molar-refractivity contribution in [2.75, 3.05) is 31.9 Å². The molecule has 1 saturated heterocycles. The van der Waals surface area contributed by atoms with Gasteiger partial charge in [0.2, 0.25) is 0 Å². The van der Waals surface area contributed by atoms with Crippen molar-refractivity contribution < 1.29 is 4.79 Å². The Kier molecular flexibility index (Phi) is 4.37. The maximum absolute atomic E-state index is 12.3. The Morgan fingerprint density at radius 3 is 2.58 bits per heavy atom. The molecule has 1 aliphatic rings. The molecule has 5 heteroatoms. The van der Waals surface area contributed by atoms with Crippen molar-refractivity contribution in [3.8, 4) is 0 Å². The minimum absolute atomic E-state index is 0.00352. The fraction of sp³-hybridized carbons (Fsp3) is 0.571. The maximum Gasteiger partial charge on any atom is 0.272 e. The summed E-state index contributed by atoms with van der Waals surface area (Å²) in [7, 11) is 0. The summed E-state index contributed by atoms with van der Waals surface area (Å²) < 4.78 is 0. The van der Waals surface area contributed by atoms with E-state index in [-0.39, 0.29) is 5.91 Å². The predicted molar refractivity (Wildman–Crippen MR) is 75.9 cm³/mol. The van der Waals surface area contributed by atoms with Gasteiger partial charge in [-0.15, -0.1) is 0 Å². The number of hydrogen-bond acceptors (Lipinski definition) is 4. The normalized spacial score (nSPS) is 18.3. The second kappa shape index (κ2) is 6.02. The van der Waals surface area contributed by atoms with Gasteiger partial charge in [-0.25, -0.2) is 4.98 Å². The highest BCUT2D eigenvalue weighted by atomic mass is 16.2. The Hall–Kier alpha value is -1.62. The summed E-state index contributed by atoms with van der Waals surface area (Å²) in [5.41, 5.74) is 6.64. The van der Waals surface area contributed by atoms with Crippen LogP contribution in [0.3, 0.4) is 0 Å². The average molecular weight is 262 g/mol. The van der Waals surface area contributed by atoms with Crippen molar-refractivity contribution in [3.63, 3.8) is 0 Å². The maximum atomic E-state index is 12.3. The highest BCUT2D eigenvalue weighted by molar-refractivity contribution is 5.92. The van der Waals surface area contributed by atoms with E-state index in [1.165, 1.54) is 6.20 Å². The first kappa shape index (κ1) is 13.8. The van der Waals surface area contributed by atoms with E-state index < -0.39 is 0 Å². The van der Waals surface area contributed by atoms with Gasteiger partial charge in [0.15, 0.2) is 0 Å². The molecule has 1 unspecified atom stereocenters. The summed E-state index contributed by atoms with van der Waals surface area (Å²) in [6.45, 7) is 7.86. The zero-order chi connectivity index (χ0) is 13.8. The van der Waals surface area contributed by atoms with Gasteiger partial charge < -0.3 is 10.6 Å². The Morgan fingerprint density at radius 1 is 1.37 bits per heavy atom. The molecular weight excluding hydrogens is 240 g/mol. The third-order valence-electron chi connectivity index (χ3n) is 3.82. The zero-order valence-corrected chi connectivity index (χ0v) is 11.7. The highest BCUT2D eigenvalue weighted by Crippen LogP contribution is 2.11. The van der Waals surface area contributed by atoms with Gasteiger partial charge in [0, 0.05) is 32.2 Å². The molecule has 2 heterocycles. The number of nitrogen functional groups attached to an aromatic ring is 1. The van der Waals surface area contributed by atoms with Crippen LogP contribution in [-0.4, -0.2) is 52.9 Å². The SMILES string of the molecule is CCC(C)N1CCN(C(=O)c2ccc(N)cn2)CC1. The molecule has 104 valence electrons. The second-order valence-corrected chi connectivity index (χ2v) is 5.06. The molecule has 1 aliphatic heterocycles. The van der Waals surface area contributed by atoms with Crippen molar-refractivity contribution in [1.82, 2.24) is 14.8 Å². The van der Waals surface area contributed by atoms with Gasteiger partial charge >= 0.3 is 0 Å². The Labute approximate surface area is 114 Å². The topological polar surface area (TPSA) is 62.5 Å². The molecule has 1 fully saturated rings. The molecular formula is C14H22N4O. The highest BCUT2D eigenvalue weighted by Gasteiger charge is 2.24. The first-order valence-corrected chi connectivity index (χ1v) is 6.86. The first-order valence-electron chi connectivity index (χ1n) is 6.86. The number of rotatable bonds is 3. The van der Waals surface area contributed by atoms with Gasteiger partial charge in [0.05, 0.1) is 11.9 Å². The molecule has 1 aromatic heterocycles. The van der Waals surface area contributed by atoms with Gasteiger partial charge in [-0.3, -0.25) is 9.69 Å². The van der Waals surface area contributed by atoms with Crippen LogP contribution in [0.4, 0.5) is 5.69 Å². The number of nitrogens with two attached hydrogens (primary N) is 1. The van der Waals surface area contributed by atoms with Crippen molar-refractivity contribution in [1.29, 1.82) is 0 Å². The van der Waals surface area contributed by atoms with E-state index in [0.29, 0.717) is 17.4 Å². The first-order chi connectivity index (χ1) is 9.11. The van der Waals surface area contributed by atoms with E-state index in [2.05, 4.69) is 23.7 Å². The summed E-state index contributed by atoms with van der Waals surface area (Å²) in [5, 5.41) is 0. The Balaban J connectivity index is 1.94. The third kappa shape index (κ3) is 3.23. The number of anilines is 1. The predicted octanol–water partition coefficient (Wildman–Crippen LogP) is 1.22. The number of aromatic nitrogens is 1. The number of carbonyl (C=O) groups excluding carboxylic acids is 1. The number of hydrogen-bond donors (Lipinski definition) is 1. The van der Waals surface area contributed by atoms with Crippen molar-refractivity contribution in [3.05, 3.63) is 24.0 Å². The van der Waals surface area contributed by atoms with E-state index in [1.807, 2.05) is 4.90 Å². The molecule has 1 amide bonds. The summed E-state index contributed by atoms with van der Waals surface area (Å²) in [5.74, 6) is 0.00352. The monoisotopic (exact) mass is 262 g/mol. The van der Waals surface area contributed by atoms with E-state index in [1.54, 1.807) is 12.1 Å². The molecule has 5 nitrogen and oxygen atoms in total. The van der Waals surface area contributed by atoms with Crippen LogP contribution >= 0.6 is 0 Å². The average Bonchev–Trinajstić information content (AvgIpc) is 2.46. The van der Waals surface area contributed by atoms with Crippen LogP contribution in [0, 0.1) is 0 Å². The van der Waals surface area contributed by atoms with Gasteiger partial charge in [-0.1, -0.05) is 6.92 Å². The van der Waals surface area contributed by atoms with Crippen LogP contribution in [0.2, 0.25) is 0 Å². The standard InChI is InChI=1S/C14H22N4O/c1-3-11(2)17-6-8-18(9-7-17)14(19)13-5-4-12(15)10-16-13/h4-5,10-11H,3,6-9,15H2,1-2H3. The molecule has 0 saturated carbocycles. The number of amides is 1. The largest absolute Gasteiger partial charge is 0.397 e. The number of carbonyl (C=O) groups is 1. The molecule has 0 aromatic carbocycles. The second-order valence-electron chi connectivity index (χ2n) is 5.06. The molecule has 0 spiro atoms. The van der Waals surface area contributed by atoms with Crippen molar-refractivity contribution in [2.45, 2.75) is 26.3 Å². The zero-order valence-electron chi connectivity index (χ0n) is 11.7. The van der Waals surface area contributed by atoms with E-state index in [9.17, 15) is 4.79 Å². The van der Waals surface area contributed by atoms with E-state index in [0.717, 1.165) is 32.6 Å². The molecule has 2 rings (SSSR count). The van der Waals surface area contributed by atoms with Crippen LogP contribution in [0.1, 0.15) is 30.8 Å². The fourth-order valence-electron chi connectivity index (χ4n) is 2.32. The lowest BCUT2D eigenvalue weighted by Gasteiger charge is -2.37. The van der Waals surface area contributed by atoms with Crippen molar-refractivity contribution in [2.24, 2.45) is 0 Å².